The summed E-state index contributed by atoms with van der Waals surface area (Å²) in [4.78, 5) is 31.8. The van der Waals surface area contributed by atoms with Crippen molar-refractivity contribution in [2.45, 2.75) is 75.2 Å². The van der Waals surface area contributed by atoms with Crippen molar-refractivity contribution in [2.75, 3.05) is 26.8 Å². The van der Waals surface area contributed by atoms with E-state index in [9.17, 15) is 18.4 Å². The number of hydrogen-bond acceptors (Lipinski definition) is 9. The highest BCUT2D eigenvalue weighted by atomic mass is 19.3. The molecule has 41 heavy (non-hydrogen) atoms. The summed E-state index contributed by atoms with van der Waals surface area (Å²) in [5.41, 5.74) is 0.912. The molecule has 1 aliphatic heterocycles. The summed E-state index contributed by atoms with van der Waals surface area (Å²) in [6, 6.07) is 0.227. The number of imidazole rings is 1. The first-order chi connectivity index (χ1) is 19.6. The normalized spacial score (nSPS) is 21.8. The van der Waals surface area contributed by atoms with Gasteiger partial charge in [0, 0.05) is 18.6 Å². The van der Waals surface area contributed by atoms with Crippen LogP contribution in [-0.4, -0.2) is 86.7 Å². The average Bonchev–Trinajstić information content (AvgIpc) is 3.86. The molecular weight excluding hydrogens is 542 g/mol. The van der Waals surface area contributed by atoms with Gasteiger partial charge in [-0.05, 0) is 50.8 Å². The van der Waals surface area contributed by atoms with Crippen molar-refractivity contribution in [3.05, 3.63) is 41.1 Å². The van der Waals surface area contributed by atoms with Gasteiger partial charge in [-0.3, -0.25) is 4.79 Å². The maximum Gasteiger partial charge on any atom is 0.318 e. The lowest BCUT2D eigenvalue weighted by Gasteiger charge is -2.38. The number of methoxy groups -OCH3 is 1. The van der Waals surface area contributed by atoms with E-state index in [1.807, 2.05) is 13.8 Å². The highest BCUT2D eigenvalue weighted by Gasteiger charge is 2.44. The first kappa shape index (κ1) is 27.4. The Morgan fingerprint density at radius 2 is 2.10 bits per heavy atom. The van der Waals surface area contributed by atoms with Gasteiger partial charge >= 0.3 is 6.03 Å². The number of urea groups is 1. The maximum absolute atomic E-state index is 14.2. The number of carbonyl (C=O) groups is 2. The Balaban J connectivity index is 1.33. The molecule has 4 heterocycles. The molecule has 3 atom stereocenters. The summed E-state index contributed by atoms with van der Waals surface area (Å²) in [5.74, 6) is -3.38. The van der Waals surface area contributed by atoms with Crippen molar-refractivity contribution in [1.82, 2.24) is 40.4 Å². The molecule has 6 rings (SSSR count). The summed E-state index contributed by atoms with van der Waals surface area (Å²) in [7, 11) is 1.43. The Labute approximate surface area is 233 Å². The van der Waals surface area contributed by atoms with Crippen LogP contribution in [0.4, 0.5) is 13.6 Å². The third kappa shape index (κ3) is 5.47. The first-order valence-electron chi connectivity index (χ1n) is 13.7. The van der Waals surface area contributed by atoms with Crippen LogP contribution in [0.2, 0.25) is 0 Å². The predicted octanol–water partition coefficient (Wildman–Crippen LogP) is 2.55. The van der Waals surface area contributed by atoms with Gasteiger partial charge in [0.15, 0.2) is 11.3 Å². The maximum atomic E-state index is 14.2. The van der Waals surface area contributed by atoms with E-state index in [-0.39, 0.29) is 24.3 Å². The molecule has 0 unspecified atom stereocenters. The minimum Gasteiger partial charge on any atom is -0.382 e. The van der Waals surface area contributed by atoms with Gasteiger partial charge in [-0.1, -0.05) is 5.16 Å². The average molecular weight is 575 g/mol. The third-order valence-electron chi connectivity index (χ3n) is 7.92. The number of carbonyl (C=O) groups excluding carboxylic acids is 2. The predicted molar refractivity (Wildman–Crippen MR) is 137 cm³/mol. The van der Waals surface area contributed by atoms with E-state index in [1.165, 1.54) is 17.8 Å². The minimum atomic E-state index is -3.09. The standard InChI is InChI=1S/C26H32F2N8O5/c1-14(40-17-6-7-17)25(2,32-23(37)22-21(15-4-5-15)33-41-34-22)19-10-36-20(31-19)8-16(9-30-36)18(11-39-3)35-13-26(27,28)12-29-24(35)38/h8-10,14-15,17-18H,4-7,11-13H2,1-3H3,(H,29,38)(H,32,37)/t14-,18+,25+/m0/s1. The van der Waals surface area contributed by atoms with Crippen molar-refractivity contribution < 1.29 is 32.5 Å². The largest absolute Gasteiger partial charge is 0.382 e. The van der Waals surface area contributed by atoms with Crippen LogP contribution in [0, 0.1) is 0 Å². The second-order valence-corrected chi connectivity index (χ2v) is 11.2. The van der Waals surface area contributed by atoms with Crippen molar-refractivity contribution >= 4 is 17.6 Å². The van der Waals surface area contributed by atoms with Crippen LogP contribution in [0.1, 0.15) is 78.9 Å². The molecule has 3 aromatic heterocycles. The van der Waals surface area contributed by atoms with Crippen LogP contribution in [-0.2, 0) is 15.0 Å². The van der Waals surface area contributed by atoms with E-state index in [1.54, 1.807) is 12.3 Å². The van der Waals surface area contributed by atoms with Gasteiger partial charge in [0.25, 0.3) is 11.8 Å². The number of nitrogens with one attached hydrogen (secondary N) is 2. The summed E-state index contributed by atoms with van der Waals surface area (Å²) in [5, 5.41) is 17.5. The summed E-state index contributed by atoms with van der Waals surface area (Å²) in [6.07, 6.45) is 6.52. The Kier molecular flexibility index (Phi) is 6.88. The molecule has 220 valence electrons. The zero-order valence-corrected chi connectivity index (χ0v) is 23.0. The van der Waals surface area contributed by atoms with Gasteiger partial charge in [0.2, 0.25) is 0 Å². The fourth-order valence-corrected chi connectivity index (χ4v) is 5.06. The smallest absolute Gasteiger partial charge is 0.318 e. The number of alkyl halides is 2. The van der Waals surface area contributed by atoms with Gasteiger partial charge in [-0.25, -0.2) is 27.7 Å². The number of halogens is 2. The molecule has 1 saturated heterocycles. The molecule has 15 heteroatoms. The Morgan fingerprint density at radius 1 is 1.32 bits per heavy atom. The van der Waals surface area contributed by atoms with Crippen molar-refractivity contribution in [2.24, 2.45) is 0 Å². The van der Waals surface area contributed by atoms with E-state index < -0.39 is 48.6 Å². The lowest BCUT2D eigenvalue weighted by molar-refractivity contribution is -0.0509. The van der Waals surface area contributed by atoms with Gasteiger partial charge < -0.3 is 25.0 Å². The number of amides is 3. The van der Waals surface area contributed by atoms with Crippen LogP contribution < -0.4 is 10.6 Å². The highest BCUT2D eigenvalue weighted by molar-refractivity contribution is 5.94. The molecule has 0 aromatic carbocycles. The van der Waals surface area contributed by atoms with E-state index in [4.69, 9.17) is 19.1 Å². The van der Waals surface area contributed by atoms with E-state index in [2.05, 4.69) is 26.0 Å². The lowest BCUT2D eigenvalue weighted by Crippen LogP contribution is -2.58. The van der Waals surface area contributed by atoms with E-state index in [0.29, 0.717) is 22.6 Å². The van der Waals surface area contributed by atoms with Crippen LogP contribution in [0.15, 0.2) is 23.1 Å². The second kappa shape index (κ2) is 10.3. The molecule has 0 radical (unpaired) electrons. The van der Waals surface area contributed by atoms with Gasteiger partial charge in [0.1, 0.15) is 11.2 Å². The molecule has 3 aliphatic rings. The number of fused-ring (bicyclic) bond motifs is 1. The Bertz CT molecular complexity index is 1450. The van der Waals surface area contributed by atoms with Crippen LogP contribution in [0.5, 0.6) is 0 Å². The molecular formula is C26H32F2N8O5. The van der Waals surface area contributed by atoms with E-state index >= 15 is 0 Å². The fraction of sp³-hybridized carbons (Fsp3) is 0.615. The molecule has 3 amide bonds. The third-order valence-corrected chi connectivity index (χ3v) is 7.92. The Morgan fingerprint density at radius 3 is 2.80 bits per heavy atom. The molecule has 3 aromatic rings. The molecule has 13 nitrogen and oxygen atoms in total. The molecule has 3 fully saturated rings. The van der Waals surface area contributed by atoms with Gasteiger partial charge in [-0.15, -0.1) is 0 Å². The zero-order valence-electron chi connectivity index (χ0n) is 23.0. The number of hydrogen-bond donors (Lipinski definition) is 2. The number of aromatic nitrogens is 5. The lowest BCUT2D eigenvalue weighted by atomic mass is 9.91. The summed E-state index contributed by atoms with van der Waals surface area (Å²) in [6.45, 7) is 2.19. The van der Waals surface area contributed by atoms with Crippen LogP contribution in [0.3, 0.4) is 0 Å². The number of rotatable bonds is 11. The molecule has 2 aliphatic carbocycles. The van der Waals surface area contributed by atoms with Crippen molar-refractivity contribution in [3.8, 4) is 0 Å². The molecule has 0 bridgehead atoms. The van der Waals surface area contributed by atoms with Crippen LogP contribution >= 0.6 is 0 Å². The quantitative estimate of drug-likeness (QED) is 0.352. The molecule has 2 N–H and O–H groups in total. The van der Waals surface area contributed by atoms with Gasteiger partial charge in [0.05, 0.1) is 56.0 Å². The number of ether oxygens (including phenoxy) is 2. The second-order valence-electron chi connectivity index (χ2n) is 11.2. The fourth-order valence-electron chi connectivity index (χ4n) is 5.06. The monoisotopic (exact) mass is 574 g/mol. The highest BCUT2D eigenvalue weighted by Crippen LogP contribution is 2.40. The topological polar surface area (TPSA) is 149 Å². The summed E-state index contributed by atoms with van der Waals surface area (Å²) < 4.78 is 46.3. The first-order valence-corrected chi connectivity index (χ1v) is 13.7. The van der Waals surface area contributed by atoms with E-state index in [0.717, 1.165) is 30.6 Å². The van der Waals surface area contributed by atoms with Crippen molar-refractivity contribution in [3.63, 3.8) is 0 Å². The zero-order chi connectivity index (χ0) is 28.9. The molecule has 2 saturated carbocycles. The summed E-state index contributed by atoms with van der Waals surface area (Å²) >= 11 is 0. The number of nitrogens with zero attached hydrogens (tertiary/aromatic N) is 6. The van der Waals surface area contributed by atoms with Gasteiger partial charge in [-0.2, -0.15) is 5.10 Å². The van der Waals surface area contributed by atoms with Crippen molar-refractivity contribution in [1.29, 1.82) is 0 Å². The SMILES string of the molecule is COC[C@H](c1cnn2cc([C@](C)(NC(=O)c3nonc3C3CC3)[C@H](C)OC3CC3)nc2c1)N1CC(F)(F)CNC1=O. The molecule has 0 spiro atoms. The minimum absolute atomic E-state index is 0.0238. The van der Waals surface area contributed by atoms with Crippen LogP contribution in [0.25, 0.3) is 5.65 Å². The Hall–Kier alpha value is -3.72.